The molecule has 0 bridgehead atoms. The Bertz CT molecular complexity index is 297. The number of urea groups is 1. The van der Waals surface area contributed by atoms with Crippen molar-refractivity contribution in [3.63, 3.8) is 0 Å². The monoisotopic (exact) mass is 253 g/mol. The molecule has 1 heterocycles. The molecule has 0 aromatic rings. The number of carbonyl (C=O) groups excluding carboxylic acids is 1. The average molecular weight is 253 g/mol. The van der Waals surface area contributed by atoms with Gasteiger partial charge in [0.15, 0.2) is 0 Å². The van der Waals surface area contributed by atoms with Gasteiger partial charge in [-0.05, 0) is 30.7 Å². The Morgan fingerprint density at radius 3 is 2.61 bits per heavy atom. The molecule has 2 fully saturated rings. The van der Waals surface area contributed by atoms with E-state index in [1.165, 1.54) is 32.1 Å². The number of carbonyl (C=O) groups is 1. The van der Waals surface area contributed by atoms with E-state index < -0.39 is 0 Å². The molecule has 18 heavy (non-hydrogen) atoms. The minimum atomic E-state index is 0.0127. The van der Waals surface area contributed by atoms with Crippen LogP contribution in [0, 0.1) is 11.3 Å². The molecule has 4 heteroatoms. The van der Waals surface area contributed by atoms with E-state index in [0.717, 1.165) is 13.1 Å². The number of nitrogens with one attached hydrogen (secondary N) is 1. The molecule has 0 spiro atoms. The van der Waals surface area contributed by atoms with Crippen molar-refractivity contribution in [2.45, 2.75) is 52.0 Å². The number of nitrogens with zero attached hydrogens (tertiary/aromatic N) is 1. The van der Waals surface area contributed by atoms with Gasteiger partial charge in [0.05, 0.1) is 6.04 Å². The molecule has 2 aliphatic rings. The molecule has 104 valence electrons. The van der Waals surface area contributed by atoms with Crippen molar-refractivity contribution in [1.29, 1.82) is 0 Å². The van der Waals surface area contributed by atoms with E-state index in [1.807, 2.05) is 4.90 Å². The zero-order valence-corrected chi connectivity index (χ0v) is 11.7. The maximum Gasteiger partial charge on any atom is 0.317 e. The summed E-state index contributed by atoms with van der Waals surface area (Å²) in [5, 5.41) is 3.17. The van der Waals surface area contributed by atoms with Gasteiger partial charge in [-0.25, -0.2) is 4.79 Å². The topological polar surface area (TPSA) is 58.4 Å². The summed E-state index contributed by atoms with van der Waals surface area (Å²) in [7, 11) is 0. The molecule has 2 amide bonds. The molecule has 1 saturated carbocycles. The SMILES string of the molecule is CC(C)(CN)CN1CC(C2CCCCC2)NC1=O. The predicted molar refractivity (Wildman–Crippen MR) is 73.3 cm³/mol. The van der Waals surface area contributed by atoms with E-state index in [0.29, 0.717) is 18.5 Å². The van der Waals surface area contributed by atoms with Crippen LogP contribution in [-0.2, 0) is 0 Å². The van der Waals surface area contributed by atoms with Gasteiger partial charge in [-0.15, -0.1) is 0 Å². The Balaban J connectivity index is 1.90. The highest BCUT2D eigenvalue weighted by Crippen LogP contribution is 2.29. The van der Waals surface area contributed by atoms with Crippen LogP contribution in [-0.4, -0.2) is 36.6 Å². The third-order valence-electron chi connectivity index (χ3n) is 4.40. The number of hydrogen-bond donors (Lipinski definition) is 2. The van der Waals surface area contributed by atoms with E-state index >= 15 is 0 Å². The highest BCUT2D eigenvalue weighted by Gasteiger charge is 2.36. The van der Waals surface area contributed by atoms with Crippen LogP contribution in [0.25, 0.3) is 0 Å². The maximum absolute atomic E-state index is 12.0. The fourth-order valence-electron chi connectivity index (χ4n) is 3.14. The molecule has 0 aromatic carbocycles. The van der Waals surface area contributed by atoms with Crippen LogP contribution >= 0.6 is 0 Å². The van der Waals surface area contributed by atoms with E-state index in [-0.39, 0.29) is 11.4 Å². The summed E-state index contributed by atoms with van der Waals surface area (Å²) in [6.45, 7) is 6.48. The van der Waals surface area contributed by atoms with Crippen LogP contribution in [0.3, 0.4) is 0 Å². The maximum atomic E-state index is 12.0. The van der Waals surface area contributed by atoms with Gasteiger partial charge in [0.25, 0.3) is 0 Å². The van der Waals surface area contributed by atoms with Gasteiger partial charge in [0.1, 0.15) is 0 Å². The molecule has 0 aromatic heterocycles. The van der Waals surface area contributed by atoms with Crippen LogP contribution in [0.1, 0.15) is 46.0 Å². The minimum Gasteiger partial charge on any atom is -0.333 e. The Hall–Kier alpha value is -0.770. The van der Waals surface area contributed by atoms with Crippen LogP contribution in [0.15, 0.2) is 0 Å². The Morgan fingerprint density at radius 2 is 2.00 bits per heavy atom. The van der Waals surface area contributed by atoms with Gasteiger partial charge >= 0.3 is 6.03 Å². The van der Waals surface area contributed by atoms with Crippen LogP contribution < -0.4 is 11.1 Å². The van der Waals surface area contributed by atoms with E-state index in [9.17, 15) is 4.79 Å². The van der Waals surface area contributed by atoms with Gasteiger partial charge in [0, 0.05) is 13.1 Å². The second-order valence-corrected chi connectivity index (χ2v) is 6.70. The summed E-state index contributed by atoms with van der Waals surface area (Å²) in [5.74, 6) is 0.689. The molecule has 1 saturated heterocycles. The average Bonchev–Trinajstić information content (AvgIpc) is 2.72. The fourth-order valence-corrected chi connectivity index (χ4v) is 3.14. The van der Waals surface area contributed by atoms with Crippen molar-refractivity contribution in [2.24, 2.45) is 17.1 Å². The molecule has 4 nitrogen and oxygen atoms in total. The Labute approximate surface area is 110 Å². The molecule has 2 rings (SSSR count). The van der Waals surface area contributed by atoms with Gasteiger partial charge in [-0.1, -0.05) is 33.1 Å². The van der Waals surface area contributed by atoms with Gasteiger partial charge in [0.2, 0.25) is 0 Å². The van der Waals surface area contributed by atoms with Gasteiger partial charge in [-0.3, -0.25) is 0 Å². The highest BCUT2D eigenvalue weighted by molar-refractivity contribution is 5.77. The van der Waals surface area contributed by atoms with Crippen molar-refractivity contribution >= 4 is 6.03 Å². The second kappa shape index (κ2) is 5.47. The largest absolute Gasteiger partial charge is 0.333 e. The summed E-state index contributed by atoms with van der Waals surface area (Å²) in [5.41, 5.74) is 5.76. The summed E-state index contributed by atoms with van der Waals surface area (Å²) in [4.78, 5) is 13.9. The van der Waals surface area contributed by atoms with Crippen molar-refractivity contribution in [2.75, 3.05) is 19.6 Å². The Kier molecular flexibility index (Phi) is 4.15. The third kappa shape index (κ3) is 3.16. The fraction of sp³-hybridized carbons (Fsp3) is 0.929. The third-order valence-corrected chi connectivity index (χ3v) is 4.40. The second-order valence-electron chi connectivity index (χ2n) is 6.70. The van der Waals surface area contributed by atoms with E-state index in [4.69, 9.17) is 5.73 Å². The summed E-state index contributed by atoms with van der Waals surface area (Å²) in [6, 6.07) is 0.471. The number of hydrogen-bond acceptors (Lipinski definition) is 2. The molecule has 1 unspecified atom stereocenters. The normalized spacial score (nSPS) is 26.5. The van der Waals surface area contributed by atoms with Crippen LogP contribution in [0.5, 0.6) is 0 Å². The van der Waals surface area contributed by atoms with Crippen LogP contribution in [0.2, 0.25) is 0 Å². The lowest BCUT2D eigenvalue weighted by Gasteiger charge is -2.29. The predicted octanol–water partition coefficient (Wildman–Crippen LogP) is 1.95. The molecule has 1 aliphatic heterocycles. The van der Waals surface area contributed by atoms with E-state index in [1.54, 1.807) is 0 Å². The lowest BCUT2D eigenvalue weighted by molar-refractivity contribution is 0.189. The first-order valence-corrected chi connectivity index (χ1v) is 7.27. The smallest absolute Gasteiger partial charge is 0.317 e. The number of nitrogens with two attached hydrogens (primary N) is 1. The first kappa shape index (κ1) is 13.7. The van der Waals surface area contributed by atoms with Crippen molar-refractivity contribution < 1.29 is 4.79 Å². The quantitative estimate of drug-likeness (QED) is 0.804. The number of rotatable bonds is 4. The highest BCUT2D eigenvalue weighted by atomic mass is 16.2. The lowest BCUT2D eigenvalue weighted by Crippen LogP contribution is -2.40. The molecule has 3 N–H and O–H groups in total. The van der Waals surface area contributed by atoms with Gasteiger partial charge < -0.3 is 16.0 Å². The zero-order valence-electron chi connectivity index (χ0n) is 11.7. The van der Waals surface area contributed by atoms with Crippen LogP contribution in [0.4, 0.5) is 4.79 Å². The zero-order chi connectivity index (χ0) is 13.2. The summed E-state index contributed by atoms with van der Waals surface area (Å²) < 4.78 is 0. The van der Waals surface area contributed by atoms with E-state index in [2.05, 4.69) is 19.2 Å². The summed E-state index contributed by atoms with van der Waals surface area (Å²) in [6.07, 6.45) is 6.57. The number of amides is 2. The molecule has 1 atom stereocenters. The minimum absolute atomic E-state index is 0.0127. The lowest BCUT2D eigenvalue weighted by atomic mass is 9.84. The molecule has 1 aliphatic carbocycles. The van der Waals surface area contributed by atoms with Crippen molar-refractivity contribution in [3.8, 4) is 0 Å². The Morgan fingerprint density at radius 1 is 1.33 bits per heavy atom. The molecule has 0 radical (unpaired) electrons. The summed E-state index contributed by atoms with van der Waals surface area (Å²) >= 11 is 0. The first-order chi connectivity index (χ1) is 8.52. The van der Waals surface area contributed by atoms with Crippen molar-refractivity contribution in [1.82, 2.24) is 10.2 Å². The standard InChI is InChI=1S/C14H27N3O/c1-14(2,9-15)10-17-8-12(16-13(17)18)11-6-4-3-5-7-11/h11-12H,3-10,15H2,1-2H3,(H,16,18). The first-order valence-electron chi connectivity index (χ1n) is 7.27. The van der Waals surface area contributed by atoms with Gasteiger partial charge in [-0.2, -0.15) is 0 Å². The molecular weight excluding hydrogens is 226 g/mol. The molecular formula is C14H27N3O. The van der Waals surface area contributed by atoms with Crippen molar-refractivity contribution in [3.05, 3.63) is 0 Å².